The minimum absolute atomic E-state index is 0.0920. The highest BCUT2D eigenvalue weighted by atomic mass is 127. The van der Waals surface area contributed by atoms with Crippen molar-refractivity contribution in [2.45, 2.75) is 13.0 Å². The van der Waals surface area contributed by atoms with E-state index in [1.807, 2.05) is 24.3 Å². The van der Waals surface area contributed by atoms with E-state index < -0.39 is 0 Å². The van der Waals surface area contributed by atoms with E-state index in [9.17, 15) is 0 Å². The van der Waals surface area contributed by atoms with Crippen LogP contribution in [-0.2, 0) is 0 Å². The first-order valence-electron chi connectivity index (χ1n) is 5.88. The number of halogens is 1. The van der Waals surface area contributed by atoms with Crippen LogP contribution in [0.3, 0.4) is 0 Å². The monoisotopic (exact) mass is 353 g/mol. The summed E-state index contributed by atoms with van der Waals surface area (Å²) in [6.07, 6.45) is -0.0920. The third kappa shape index (κ3) is 3.46. The van der Waals surface area contributed by atoms with Gasteiger partial charge in [0.2, 0.25) is 0 Å². The van der Waals surface area contributed by atoms with Crippen LogP contribution in [0.15, 0.2) is 48.5 Å². The molecular weight excluding hydrogens is 337 g/mol. The second-order valence-electron chi connectivity index (χ2n) is 4.21. The molecule has 0 saturated carbocycles. The summed E-state index contributed by atoms with van der Waals surface area (Å²) in [5.41, 5.74) is 8.15. The second kappa shape index (κ2) is 6.20. The fourth-order valence-electron chi connectivity index (χ4n) is 1.71. The lowest BCUT2D eigenvalue weighted by Crippen LogP contribution is -2.18. The lowest BCUT2D eigenvalue weighted by Gasteiger charge is -2.18. The van der Waals surface area contributed by atoms with Gasteiger partial charge in [-0.2, -0.15) is 0 Å². The molecule has 2 rings (SSSR count). The molecule has 0 radical (unpaired) electrons. The molecule has 0 amide bonds. The Bertz CT molecular complexity index is 493. The van der Waals surface area contributed by atoms with Gasteiger partial charge in [0.05, 0.1) is 0 Å². The van der Waals surface area contributed by atoms with Crippen molar-refractivity contribution in [2.75, 3.05) is 6.54 Å². The van der Waals surface area contributed by atoms with Gasteiger partial charge in [-0.1, -0.05) is 29.8 Å². The van der Waals surface area contributed by atoms with Crippen LogP contribution >= 0.6 is 22.6 Å². The van der Waals surface area contributed by atoms with Crippen LogP contribution in [0.5, 0.6) is 5.75 Å². The van der Waals surface area contributed by atoms with Crippen LogP contribution in [0.1, 0.15) is 17.2 Å². The lowest BCUT2D eigenvalue weighted by molar-refractivity contribution is 0.214. The molecule has 0 fully saturated rings. The molecule has 1 unspecified atom stereocenters. The number of hydrogen-bond acceptors (Lipinski definition) is 2. The summed E-state index contributed by atoms with van der Waals surface area (Å²) < 4.78 is 7.11. The lowest BCUT2D eigenvalue weighted by atomic mass is 10.1. The van der Waals surface area contributed by atoms with Crippen LogP contribution in [0.25, 0.3) is 0 Å². The molecule has 0 aliphatic rings. The average molecular weight is 353 g/mol. The van der Waals surface area contributed by atoms with Gasteiger partial charge in [0.25, 0.3) is 0 Å². The van der Waals surface area contributed by atoms with Crippen LogP contribution in [0, 0.1) is 10.5 Å². The molecule has 0 spiro atoms. The van der Waals surface area contributed by atoms with Crippen molar-refractivity contribution in [3.8, 4) is 5.75 Å². The smallest absolute Gasteiger partial charge is 0.136 e. The van der Waals surface area contributed by atoms with Crippen molar-refractivity contribution in [1.82, 2.24) is 0 Å². The Morgan fingerprint density at radius 2 is 1.67 bits per heavy atom. The summed E-state index contributed by atoms with van der Waals surface area (Å²) in [6, 6.07) is 16.3. The van der Waals surface area contributed by atoms with Gasteiger partial charge in [-0.05, 0) is 59.3 Å². The normalized spacial score (nSPS) is 12.2. The van der Waals surface area contributed by atoms with Crippen molar-refractivity contribution >= 4 is 22.6 Å². The van der Waals surface area contributed by atoms with Crippen molar-refractivity contribution < 1.29 is 4.74 Å². The molecule has 0 heterocycles. The van der Waals surface area contributed by atoms with Crippen LogP contribution in [0.2, 0.25) is 0 Å². The Hall–Kier alpha value is -1.07. The van der Waals surface area contributed by atoms with Crippen LogP contribution < -0.4 is 10.5 Å². The fraction of sp³-hybridized carbons (Fsp3) is 0.200. The van der Waals surface area contributed by atoms with Crippen LogP contribution in [0.4, 0.5) is 0 Å². The van der Waals surface area contributed by atoms with Gasteiger partial charge in [0.15, 0.2) is 0 Å². The summed E-state index contributed by atoms with van der Waals surface area (Å²) >= 11 is 2.27. The maximum absolute atomic E-state index is 5.92. The standard InChI is InChI=1S/C15H16INO/c1-11-2-4-12(5-3-11)15(10-17)18-14-8-6-13(16)7-9-14/h2-9,15H,10,17H2,1H3. The zero-order valence-corrected chi connectivity index (χ0v) is 12.4. The topological polar surface area (TPSA) is 35.2 Å². The number of aryl methyl sites for hydroxylation is 1. The van der Waals surface area contributed by atoms with Gasteiger partial charge in [0, 0.05) is 10.1 Å². The van der Waals surface area contributed by atoms with E-state index in [1.165, 1.54) is 9.13 Å². The number of ether oxygens (including phenoxy) is 1. The van der Waals surface area contributed by atoms with E-state index in [4.69, 9.17) is 10.5 Å². The molecule has 3 heteroatoms. The van der Waals surface area contributed by atoms with Crippen molar-refractivity contribution in [1.29, 1.82) is 0 Å². The van der Waals surface area contributed by atoms with Gasteiger partial charge in [-0.3, -0.25) is 0 Å². The predicted molar refractivity (Wildman–Crippen MR) is 82.8 cm³/mol. The second-order valence-corrected chi connectivity index (χ2v) is 5.45. The van der Waals surface area contributed by atoms with E-state index in [0.717, 1.165) is 11.3 Å². The van der Waals surface area contributed by atoms with Crippen molar-refractivity contribution in [2.24, 2.45) is 5.73 Å². The first-order chi connectivity index (χ1) is 8.69. The van der Waals surface area contributed by atoms with Gasteiger partial charge in [0.1, 0.15) is 11.9 Å². The molecule has 0 saturated heterocycles. The molecule has 2 N–H and O–H groups in total. The maximum Gasteiger partial charge on any atom is 0.136 e. The molecule has 1 atom stereocenters. The highest BCUT2D eigenvalue weighted by Gasteiger charge is 2.11. The fourth-order valence-corrected chi connectivity index (χ4v) is 2.07. The van der Waals surface area contributed by atoms with E-state index in [-0.39, 0.29) is 6.10 Å². The zero-order chi connectivity index (χ0) is 13.0. The Morgan fingerprint density at radius 1 is 1.06 bits per heavy atom. The summed E-state index contributed by atoms with van der Waals surface area (Å²) in [5, 5.41) is 0. The number of rotatable bonds is 4. The number of nitrogens with two attached hydrogens (primary N) is 1. The minimum Gasteiger partial charge on any atom is -0.484 e. The Labute approximate surface area is 121 Å². The number of benzene rings is 2. The van der Waals surface area contributed by atoms with Crippen molar-refractivity contribution in [3.63, 3.8) is 0 Å². The molecular formula is C15H16INO. The largest absolute Gasteiger partial charge is 0.484 e. The highest BCUT2D eigenvalue weighted by Crippen LogP contribution is 2.22. The quantitative estimate of drug-likeness (QED) is 0.852. The molecule has 0 bridgehead atoms. The molecule has 2 aromatic rings. The van der Waals surface area contributed by atoms with E-state index >= 15 is 0 Å². The third-order valence-corrected chi connectivity index (χ3v) is 3.47. The SMILES string of the molecule is Cc1ccc(C(CN)Oc2ccc(I)cc2)cc1. The van der Waals surface area contributed by atoms with Crippen LogP contribution in [-0.4, -0.2) is 6.54 Å². The molecule has 0 aromatic heterocycles. The molecule has 94 valence electrons. The zero-order valence-electron chi connectivity index (χ0n) is 10.3. The summed E-state index contributed by atoms with van der Waals surface area (Å²) in [5.74, 6) is 0.853. The molecule has 0 aliphatic carbocycles. The molecule has 2 nitrogen and oxygen atoms in total. The van der Waals surface area contributed by atoms with Gasteiger partial charge >= 0.3 is 0 Å². The van der Waals surface area contributed by atoms with E-state index in [0.29, 0.717) is 6.54 Å². The molecule has 0 aliphatic heterocycles. The minimum atomic E-state index is -0.0920. The van der Waals surface area contributed by atoms with E-state index in [1.54, 1.807) is 0 Å². The summed E-state index contributed by atoms with van der Waals surface area (Å²) in [7, 11) is 0. The number of hydrogen-bond donors (Lipinski definition) is 1. The maximum atomic E-state index is 5.92. The van der Waals surface area contributed by atoms with Gasteiger partial charge < -0.3 is 10.5 Å². The Morgan fingerprint density at radius 3 is 2.22 bits per heavy atom. The van der Waals surface area contributed by atoms with Gasteiger partial charge in [-0.25, -0.2) is 0 Å². The summed E-state index contributed by atoms with van der Waals surface area (Å²) in [4.78, 5) is 0. The Balaban J connectivity index is 2.14. The van der Waals surface area contributed by atoms with Gasteiger partial charge in [-0.15, -0.1) is 0 Å². The summed E-state index contributed by atoms with van der Waals surface area (Å²) in [6.45, 7) is 2.54. The predicted octanol–water partition coefficient (Wildman–Crippen LogP) is 3.68. The van der Waals surface area contributed by atoms with E-state index in [2.05, 4.69) is 53.8 Å². The highest BCUT2D eigenvalue weighted by molar-refractivity contribution is 14.1. The first-order valence-corrected chi connectivity index (χ1v) is 6.96. The molecule has 2 aromatic carbocycles. The van der Waals surface area contributed by atoms with Crippen molar-refractivity contribution in [3.05, 3.63) is 63.2 Å². The Kier molecular flexibility index (Phi) is 4.60. The first kappa shape index (κ1) is 13.4. The average Bonchev–Trinajstić information content (AvgIpc) is 2.39. The molecule has 18 heavy (non-hydrogen) atoms. The third-order valence-electron chi connectivity index (χ3n) is 2.76.